The van der Waals surface area contributed by atoms with Crippen LogP contribution in [0.4, 0.5) is 0 Å². The summed E-state index contributed by atoms with van der Waals surface area (Å²) in [6.07, 6.45) is 3.19. The van der Waals surface area contributed by atoms with Gasteiger partial charge in [0.2, 0.25) is 5.91 Å². The molecule has 164 valence electrons. The number of rotatable bonds is 3. The summed E-state index contributed by atoms with van der Waals surface area (Å²) < 4.78 is 11.6. The lowest BCUT2D eigenvalue weighted by atomic mass is 9.93. The van der Waals surface area contributed by atoms with Gasteiger partial charge in [0.15, 0.2) is 23.0 Å². The Hall–Kier alpha value is -2.99. The lowest BCUT2D eigenvalue weighted by Gasteiger charge is -2.21. The van der Waals surface area contributed by atoms with Crippen LogP contribution in [0.15, 0.2) is 48.0 Å². The smallest absolute Gasteiger partial charge is 0.220 e. The van der Waals surface area contributed by atoms with Crippen molar-refractivity contribution in [2.75, 3.05) is 26.7 Å². The minimum Gasteiger partial charge on any atom is -0.504 e. The molecule has 0 spiro atoms. The Morgan fingerprint density at radius 1 is 1.19 bits per heavy atom. The van der Waals surface area contributed by atoms with Crippen molar-refractivity contribution in [1.82, 2.24) is 10.2 Å². The van der Waals surface area contributed by atoms with E-state index in [4.69, 9.17) is 9.47 Å². The Morgan fingerprint density at radius 2 is 2.03 bits per heavy atom. The second kappa shape index (κ2) is 9.02. The van der Waals surface area contributed by atoms with Gasteiger partial charge in [0.1, 0.15) is 0 Å². The molecule has 2 atom stereocenters. The number of carbonyl (C=O) groups is 1. The Balaban J connectivity index is 1.73. The van der Waals surface area contributed by atoms with Crippen LogP contribution in [0.1, 0.15) is 37.3 Å². The number of benzene rings is 2. The van der Waals surface area contributed by atoms with Gasteiger partial charge in [-0.3, -0.25) is 9.69 Å². The van der Waals surface area contributed by atoms with E-state index in [0.717, 1.165) is 30.8 Å². The van der Waals surface area contributed by atoms with Crippen LogP contribution < -0.4 is 14.8 Å². The second-order valence-electron chi connectivity index (χ2n) is 8.59. The molecule has 0 unspecified atom stereocenters. The Labute approximate surface area is 183 Å². The minimum absolute atomic E-state index is 0.0246. The van der Waals surface area contributed by atoms with Crippen LogP contribution in [0.25, 0.3) is 0 Å². The topological polar surface area (TPSA) is 71.0 Å². The number of amides is 1. The first-order valence-electron chi connectivity index (χ1n) is 10.8. The molecule has 2 heterocycles. The van der Waals surface area contributed by atoms with E-state index in [0.29, 0.717) is 30.1 Å². The van der Waals surface area contributed by atoms with Crippen molar-refractivity contribution in [3.63, 3.8) is 0 Å². The van der Waals surface area contributed by atoms with Crippen LogP contribution in [0.2, 0.25) is 0 Å². The molecule has 0 aromatic heterocycles. The number of allylic oxidation sites excluding steroid dienone is 1. The normalized spacial score (nSPS) is 20.9. The second-order valence-corrected chi connectivity index (χ2v) is 8.59. The van der Waals surface area contributed by atoms with E-state index in [9.17, 15) is 9.90 Å². The average Bonchev–Trinajstić information content (AvgIpc) is 3.14. The first kappa shape index (κ1) is 21.2. The summed E-state index contributed by atoms with van der Waals surface area (Å²) in [6, 6.07) is 11.1. The van der Waals surface area contributed by atoms with E-state index in [1.807, 2.05) is 24.3 Å². The number of aromatic hydroxyl groups is 1. The molecule has 0 aliphatic carbocycles. The van der Waals surface area contributed by atoms with Gasteiger partial charge in [0.25, 0.3) is 0 Å². The summed E-state index contributed by atoms with van der Waals surface area (Å²) in [6.45, 7) is 6.71. The van der Waals surface area contributed by atoms with Crippen LogP contribution in [-0.4, -0.2) is 48.7 Å². The summed E-state index contributed by atoms with van der Waals surface area (Å²) >= 11 is 0. The fraction of sp³-hybridized carbons (Fsp3) is 0.400. The molecule has 1 amide bonds. The molecule has 6 nitrogen and oxygen atoms in total. The molecule has 2 aromatic rings. The van der Waals surface area contributed by atoms with E-state index >= 15 is 0 Å². The third-order valence-corrected chi connectivity index (χ3v) is 6.00. The van der Waals surface area contributed by atoms with Gasteiger partial charge in [0.05, 0.1) is 7.11 Å². The lowest BCUT2D eigenvalue weighted by molar-refractivity contribution is -0.121. The van der Waals surface area contributed by atoms with E-state index < -0.39 is 0 Å². The lowest BCUT2D eigenvalue weighted by Crippen LogP contribution is -2.40. The van der Waals surface area contributed by atoms with Crippen LogP contribution >= 0.6 is 0 Å². The van der Waals surface area contributed by atoms with Gasteiger partial charge in [-0.2, -0.15) is 0 Å². The van der Waals surface area contributed by atoms with Crippen molar-refractivity contribution < 1.29 is 19.4 Å². The largest absolute Gasteiger partial charge is 0.504 e. The highest BCUT2D eigenvalue weighted by molar-refractivity contribution is 5.77. The molecule has 1 fully saturated rings. The highest BCUT2D eigenvalue weighted by Gasteiger charge is 2.35. The zero-order valence-corrected chi connectivity index (χ0v) is 18.4. The van der Waals surface area contributed by atoms with Crippen LogP contribution in [0.3, 0.4) is 0 Å². The van der Waals surface area contributed by atoms with E-state index in [-0.39, 0.29) is 23.6 Å². The quantitative estimate of drug-likeness (QED) is 0.732. The molecular formula is C25H30N2O4. The zero-order valence-electron chi connectivity index (χ0n) is 18.4. The Kier molecular flexibility index (Phi) is 6.18. The molecule has 0 radical (unpaired) electrons. The molecule has 4 bridgehead atoms. The van der Waals surface area contributed by atoms with Crippen LogP contribution in [0.5, 0.6) is 23.0 Å². The standard InChI is InChI=1S/C25H30N2O4/c1-16(2)10-11-27-14-19-18-6-8-22(30-3)24(13-18)31-23-12-17(4-7-21(23)28)5-9-25(29)26-20(19)15-27/h4,6-8,10,12-13,19-20,28H,5,9,11,14-15H2,1-3H3,(H,26,29)/t19-,20+/m0/s1. The van der Waals surface area contributed by atoms with Gasteiger partial charge in [-0.1, -0.05) is 23.8 Å². The summed E-state index contributed by atoms with van der Waals surface area (Å²) in [5, 5.41) is 13.6. The number of ether oxygens (including phenoxy) is 2. The molecule has 2 aliphatic heterocycles. The Morgan fingerprint density at radius 3 is 2.81 bits per heavy atom. The van der Waals surface area contributed by atoms with Gasteiger partial charge in [-0.05, 0) is 55.7 Å². The van der Waals surface area contributed by atoms with Crippen molar-refractivity contribution in [1.29, 1.82) is 0 Å². The van der Waals surface area contributed by atoms with E-state index in [1.165, 1.54) is 5.57 Å². The summed E-state index contributed by atoms with van der Waals surface area (Å²) in [4.78, 5) is 15.1. The summed E-state index contributed by atoms with van der Waals surface area (Å²) in [7, 11) is 1.60. The Bertz CT molecular complexity index is 997. The highest BCUT2D eigenvalue weighted by Crippen LogP contribution is 2.40. The predicted octanol–water partition coefficient (Wildman–Crippen LogP) is 3.99. The zero-order chi connectivity index (χ0) is 22.0. The highest BCUT2D eigenvalue weighted by atomic mass is 16.5. The number of phenols is 1. The van der Waals surface area contributed by atoms with Gasteiger partial charge in [-0.15, -0.1) is 0 Å². The number of nitrogens with one attached hydrogen (secondary N) is 1. The maximum atomic E-state index is 12.7. The monoisotopic (exact) mass is 422 g/mol. The third-order valence-electron chi connectivity index (χ3n) is 6.00. The number of aryl methyl sites for hydroxylation is 1. The van der Waals surface area contributed by atoms with E-state index in [2.05, 4.69) is 30.1 Å². The number of fused-ring (bicyclic) bond motifs is 6. The van der Waals surface area contributed by atoms with Gasteiger partial charge < -0.3 is 19.9 Å². The summed E-state index contributed by atoms with van der Waals surface area (Å²) in [5.41, 5.74) is 3.30. The number of nitrogens with zero attached hydrogens (tertiary/aromatic N) is 1. The number of methoxy groups -OCH3 is 1. The molecular weight excluding hydrogens is 392 g/mol. The number of hydrogen-bond donors (Lipinski definition) is 2. The van der Waals surface area contributed by atoms with Crippen LogP contribution in [0, 0.1) is 0 Å². The maximum absolute atomic E-state index is 12.7. The van der Waals surface area contributed by atoms with E-state index in [1.54, 1.807) is 19.2 Å². The van der Waals surface area contributed by atoms with Crippen molar-refractivity contribution in [2.45, 2.75) is 38.6 Å². The fourth-order valence-electron chi connectivity index (χ4n) is 4.28. The molecule has 6 heteroatoms. The molecule has 0 saturated carbocycles. The van der Waals surface area contributed by atoms with Crippen molar-refractivity contribution in [3.8, 4) is 23.0 Å². The molecule has 2 aliphatic rings. The van der Waals surface area contributed by atoms with Crippen LogP contribution in [-0.2, 0) is 11.2 Å². The fourth-order valence-corrected chi connectivity index (χ4v) is 4.28. The SMILES string of the molecule is COc1ccc2cc1Oc1cc(ccc1O)CCC(=O)N[C@@H]1CN(CC=C(C)C)C[C@@H]21. The molecule has 2 N–H and O–H groups in total. The van der Waals surface area contributed by atoms with Crippen molar-refractivity contribution in [3.05, 3.63) is 59.2 Å². The first-order chi connectivity index (χ1) is 14.9. The third kappa shape index (κ3) is 4.85. The number of hydrogen-bond acceptors (Lipinski definition) is 5. The first-order valence-corrected chi connectivity index (χ1v) is 10.8. The summed E-state index contributed by atoms with van der Waals surface area (Å²) in [5.74, 6) is 1.76. The predicted molar refractivity (Wildman–Crippen MR) is 120 cm³/mol. The molecule has 2 aromatic carbocycles. The van der Waals surface area contributed by atoms with Gasteiger partial charge in [-0.25, -0.2) is 0 Å². The molecule has 31 heavy (non-hydrogen) atoms. The average molecular weight is 423 g/mol. The molecule has 1 saturated heterocycles. The van der Waals surface area contributed by atoms with Gasteiger partial charge in [0, 0.05) is 38.0 Å². The van der Waals surface area contributed by atoms with Gasteiger partial charge >= 0.3 is 0 Å². The molecule has 4 rings (SSSR count). The maximum Gasteiger partial charge on any atom is 0.220 e. The number of phenolic OH excluding ortho intramolecular Hbond substituents is 1. The van der Waals surface area contributed by atoms with Crippen molar-refractivity contribution in [2.24, 2.45) is 0 Å². The minimum atomic E-state index is 0.0246. The number of likely N-dealkylation sites (tertiary alicyclic amines) is 1. The van der Waals surface area contributed by atoms with Crippen molar-refractivity contribution >= 4 is 5.91 Å². The number of carbonyl (C=O) groups excluding carboxylic acids is 1.